The van der Waals surface area contributed by atoms with Gasteiger partial charge in [0.2, 0.25) is 0 Å². The van der Waals surface area contributed by atoms with E-state index in [1.54, 1.807) is 0 Å². The zero-order chi connectivity index (χ0) is 9.26. The summed E-state index contributed by atoms with van der Waals surface area (Å²) in [5, 5.41) is 0. The van der Waals surface area contributed by atoms with Crippen molar-refractivity contribution in [2.24, 2.45) is 5.73 Å². The van der Waals surface area contributed by atoms with Crippen LogP contribution < -0.4 is 5.73 Å². The highest BCUT2D eigenvalue weighted by molar-refractivity contribution is 5.86. The lowest BCUT2D eigenvalue weighted by Crippen LogP contribution is -2.30. The molecule has 2 rings (SSSR count). The molecule has 1 aliphatic rings. The van der Waals surface area contributed by atoms with Gasteiger partial charge < -0.3 is 5.73 Å². The first-order valence-corrected chi connectivity index (χ1v) is 4.62. The summed E-state index contributed by atoms with van der Waals surface area (Å²) in [6.07, 6.45) is 2.23. The Morgan fingerprint density at radius 1 is 1.23 bits per heavy atom. The first-order chi connectivity index (χ1) is 6.27. The normalized spacial score (nSPS) is 22.2. The zero-order valence-corrected chi connectivity index (χ0v) is 7.49. The molecule has 0 radical (unpaired) electrons. The molecular formula is C11H13NO. The number of hydrogen-bond acceptors (Lipinski definition) is 2. The average Bonchev–Trinajstić information content (AvgIpc) is 2.28. The van der Waals surface area contributed by atoms with Crippen molar-refractivity contribution >= 4 is 5.78 Å². The molecule has 0 amide bonds. The average molecular weight is 175 g/mol. The number of fused-ring (bicyclic) bond motifs is 1. The third-order valence-corrected chi connectivity index (χ3v) is 2.62. The predicted octanol–water partition coefficient (Wildman–Crippen LogP) is 1.07. The molecule has 2 N–H and O–H groups in total. The SMILES string of the molecule is N[C@H]1CCc2ccccc2CC1=O. The molecule has 0 heterocycles. The summed E-state index contributed by atoms with van der Waals surface area (Å²) in [4.78, 5) is 11.5. The van der Waals surface area contributed by atoms with Gasteiger partial charge in [-0.2, -0.15) is 0 Å². The molecule has 0 fully saturated rings. The van der Waals surface area contributed by atoms with Crippen LogP contribution in [0.4, 0.5) is 0 Å². The monoisotopic (exact) mass is 175 g/mol. The van der Waals surface area contributed by atoms with E-state index < -0.39 is 0 Å². The molecule has 2 nitrogen and oxygen atoms in total. The van der Waals surface area contributed by atoms with Crippen molar-refractivity contribution in [2.45, 2.75) is 25.3 Å². The lowest BCUT2D eigenvalue weighted by atomic mass is 10.0. The highest BCUT2D eigenvalue weighted by atomic mass is 16.1. The number of ketones is 1. The quantitative estimate of drug-likeness (QED) is 0.599. The topological polar surface area (TPSA) is 43.1 Å². The van der Waals surface area contributed by atoms with Gasteiger partial charge in [-0.25, -0.2) is 0 Å². The van der Waals surface area contributed by atoms with Crippen LogP contribution in [-0.4, -0.2) is 11.8 Å². The van der Waals surface area contributed by atoms with Crippen LogP contribution >= 0.6 is 0 Å². The van der Waals surface area contributed by atoms with Crippen LogP contribution in [0.3, 0.4) is 0 Å². The van der Waals surface area contributed by atoms with Gasteiger partial charge in [0.05, 0.1) is 6.04 Å². The molecule has 13 heavy (non-hydrogen) atoms. The molecule has 1 atom stereocenters. The molecule has 2 heteroatoms. The van der Waals surface area contributed by atoms with E-state index in [1.165, 1.54) is 5.56 Å². The minimum Gasteiger partial charge on any atom is -0.321 e. The van der Waals surface area contributed by atoms with Crippen LogP contribution in [-0.2, 0) is 17.6 Å². The van der Waals surface area contributed by atoms with Crippen LogP contribution in [0.25, 0.3) is 0 Å². The van der Waals surface area contributed by atoms with Crippen LogP contribution in [0.15, 0.2) is 24.3 Å². The number of carbonyl (C=O) groups is 1. The summed E-state index contributed by atoms with van der Waals surface area (Å²) >= 11 is 0. The molecule has 0 saturated heterocycles. The van der Waals surface area contributed by atoms with Gasteiger partial charge in [0.15, 0.2) is 5.78 Å². The van der Waals surface area contributed by atoms with Crippen LogP contribution in [0, 0.1) is 0 Å². The maximum absolute atomic E-state index is 11.5. The standard InChI is InChI=1S/C11H13NO/c12-10-6-5-8-3-1-2-4-9(8)7-11(10)13/h1-4,10H,5-7,12H2/t10-/m0/s1. The van der Waals surface area contributed by atoms with Crippen LogP contribution in [0.1, 0.15) is 17.5 Å². The summed E-state index contributed by atoms with van der Waals surface area (Å²) in [5.74, 6) is 0.171. The molecular weight excluding hydrogens is 162 g/mol. The van der Waals surface area contributed by atoms with E-state index in [4.69, 9.17) is 5.73 Å². The Balaban J connectivity index is 2.35. The van der Waals surface area contributed by atoms with E-state index in [1.807, 2.05) is 18.2 Å². The fraction of sp³-hybridized carbons (Fsp3) is 0.364. The first kappa shape index (κ1) is 8.45. The summed E-state index contributed by atoms with van der Waals surface area (Å²) in [7, 11) is 0. The van der Waals surface area contributed by atoms with Gasteiger partial charge in [0.25, 0.3) is 0 Å². The largest absolute Gasteiger partial charge is 0.321 e. The van der Waals surface area contributed by atoms with E-state index >= 15 is 0 Å². The number of nitrogens with two attached hydrogens (primary N) is 1. The van der Waals surface area contributed by atoms with Crippen molar-refractivity contribution in [3.05, 3.63) is 35.4 Å². The van der Waals surface area contributed by atoms with Crippen molar-refractivity contribution < 1.29 is 4.79 Å². The number of benzene rings is 1. The van der Waals surface area contributed by atoms with Crippen LogP contribution in [0.2, 0.25) is 0 Å². The van der Waals surface area contributed by atoms with Crippen molar-refractivity contribution in [1.82, 2.24) is 0 Å². The number of hydrogen-bond donors (Lipinski definition) is 1. The van der Waals surface area contributed by atoms with E-state index in [0.717, 1.165) is 18.4 Å². The molecule has 0 unspecified atom stereocenters. The number of rotatable bonds is 0. The second kappa shape index (κ2) is 3.30. The molecule has 1 aromatic rings. The Hall–Kier alpha value is -1.15. The van der Waals surface area contributed by atoms with Crippen molar-refractivity contribution in [1.29, 1.82) is 0 Å². The molecule has 0 spiro atoms. The van der Waals surface area contributed by atoms with Gasteiger partial charge in [-0.15, -0.1) is 0 Å². The Morgan fingerprint density at radius 2 is 1.92 bits per heavy atom. The molecule has 1 aliphatic carbocycles. The smallest absolute Gasteiger partial charge is 0.153 e. The third-order valence-electron chi connectivity index (χ3n) is 2.62. The Kier molecular flexibility index (Phi) is 2.15. The van der Waals surface area contributed by atoms with Crippen molar-refractivity contribution in [3.8, 4) is 0 Å². The van der Waals surface area contributed by atoms with E-state index in [0.29, 0.717) is 6.42 Å². The highest BCUT2D eigenvalue weighted by Crippen LogP contribution is 2.17. The lowest BCUT2D eigenvalue weighted by Gasteiger charge is -2.03. The zero-order valence-electron chi connectivity index (χ0n) is 7.49. The van der Waals surface area contributed by atoms with Gasteiger partial charge >= 0.3 is 0 Å². The molecule has 0 aliphatic heterocycles. The van der Waals surface area contributed by atoms with Gasteiger partial charge in [0.1, 0.15) is 0 Å². The second-order valence-electron chi connectivity index (χ2n) is 3.56. The summed E-state index contributed by atoms with van der Waals surface area (Å²) in [6, 6.07) is 7.84. The van der Waals surface area contributed by atoms with Crippen molar-refractivity contribution in [2.75, 3.05) is 0 Å². The Morgan fingerprint density at radius 3 is 2.69 bits per heavy atom. The summed E-state index contributed by atoms with van der Waals surface area (Å²) in [5.41, 5.74) is 8.14. The van der Waals surface area contributed by atoms with Gasteiger partial charge in [0, 0.05) is 6.42 Å². The highest BCUT2D eigenvalue weighted by Gasteiger charge is 2.19. The molecule has 68 valence electrons. The van der Waals surface area contributed by atoms with Crippen LogP contribution in [0.5, 0.6) is 0 Å². The molecule has 1 aromatic carbocycles. The number of Topliss-reactive ketones (excluding diaryl/α,β-unsaturated/α-hetero) is 1. The lowest BCUT2D eigenvalue weighted by molar-refractivity contribution is -0.119. The summed E-state index contributed by atoms with van der Waals surface area (Å²) in [6.45, 7) is 0. The van der Waals surface area contributed by atoms with E-state index in [9.17, 15) is 4.79 Å². The maximum atomic E-state index is 11.5. The fourth-order valence-corrected chi connectivity index (χ4v) is 1.76. The summed E-state index contributed by atoms with van der Waals surface area (Å²) < 4.78 is 0. The van der Waals surface area contributed by atoms with E-state index in [-0.39, 0.29) is 11.8 Å². The minimum atomic E-state index is -0.257. The fourth-order valence-electron chi connectivity index (χ4n) is 1.76. The third kappa shape index (κ3) is 1.63. The second-order valence-corrected chi connectivity index (χ2v) is 3.56. The maximum Gasteiger partial charge on any atom is 0.153 e. The minimum absolute atomic E-state index is 0.171. The van der Waals surface area contributed by atoms with E-state index in [2.05, 4.69) is 6.07 Å². The molecule has 0 saturated carbocycles. The van der Waals surface area contributed by atoms with Gasteiger partial charge in [-0.3, -0.25) is 4.79 Å². The van der Waals surface area contributed by atoms with Gasteiger partial charge in [-0.1, -0.05) is 24.3 Å². The first-order valence-electron chi connectivity index (χ1n) is 4.62. The Labute approximate surface area is 77.8 Å². The Bertz CT molecular complexity index is 333. The predicted molar refractivity (Wildman–Crippen MR) is 51.4 cm³/mol. The molecule has 0 bridgehead atoms. The number of aryl methyl sites for hydroxylation is 1. The van der Waals surface area contributed by atoms with Gasteiger partial charge in [-0.05, 0) is 24.0 Å². The molecule has 0 aromatic heterocycles. The van der Waals surface area contributed by atoms with Crippen molar-refractivity contribution in [3.63, 3.8) is 0 Å². The number of carbonyl (C=O) groups excluding carboxylic acids is 1.